The monoisotopic (exact) mass is 438 g/mol. The van der Waals surface area contributed by atoms with Crippen molar-refractivity contribution < 1.29 is 9.18 Å². The van der Waals surface area contributed by atoms with Crippen LogP contribution in [0.3, 0.4) is 0 Å². The molecule has 1 saturated heterocycles. The minimum atomic E-state index is -0.475. The molecular formula is C18H20BrFN4OS. The van der Waals surface area contributed by atoms with E-state index in [0.717, 1.165) is 18.9 Å². The first-order valence-corrected chi connectivity index (χ1v) is 10.4. The first kappa shape index (κ1) is 19.1. The average molecular weight is 439 g/mol. The fourth-order valence-electron chi connectivity index (χ4n) is 2.78. The zero-order valence-corrected chi connectivity index (χ0v) is 16.7. The summed E-state index contributed by atoms with van der Waals surface area (Å²) in [7, 11) is 0. The van der Waals surface area contributed by atoms with Crippen molar-refractivity contribution in [3.63, 3.8) is 0 Å². The van der Waals surface area contributed by atoms with Gasteiger partial charge in [-0.05, 0) is 37.1 Å². The number of hydrogen-bond acceptors (Lipinski definition) is 5. The highest BCUT2D eigenvalue weighted by Crippen LogP contribution is 2.22. The van der Waals surface area contributed by atoms with Gasteiger partial charge in [-0.25, -0.2) is 14.4 Å². The Morgan fingerprint density at radius 1 is 1.23 bits per heavy atom. The van der Waals surface area contributed by atoms with E-state index in [-0.39, 0.29) is 17.3 Å². The van der Waals surface area contributed by atoms with Crippen LogP contribution in [0.1, 0.15) is 25.7 Å². The summed E-state index contributed by atoms with van der Waals surface area (Å²) in [5, 5.41) is 3.13. The molecule has 1 amide bonds. The Balaban J connectivity index is 1.57. The lowest BCUT2D eigenvalue weighted by molar-refractivity contribution is -0.113. The smallest absolute Gasteiger partial charge is 0.234 e. The number of aromatic nitrogens is 2. The molecule has 1 fully saturated rings. The van der Waals surface area contributed by atoms with Crippen LogP contribution < -0.4 is 10.2 Å². The van der Waals surface area contributed by atoms with Crippen molar-refractivity contribution in [2.75, 3.05) is 29.1 Å². The number of benzene rings is 1. The van der Waals surface area contributed by atoms with Crippen LogP contribution in [0.25, 0.3) is 0 Å². The summed E-state index contributed by atoms with van der Waals surface area (Å²) < 4.78 is 14.4. The summed E-state index contributed by atoms with van der Waals surface area (Å²) >= 11 is 4.44. The number of carbonyl (C=O) groups excluding carboxylic acids is 1. The van der Waals surface area contributed by atoms with Crippen molar-refractivity contribution in [2.24, 2.45) is 0 Å². The quantitative estimate of drug-likeness (QED) is 0.550. The number of rotatable bonds is 5. The van der Waals surface area contributed by atoms with Crippen LogP contribution in [-0.2, 0) is 4.79 Å². The van der Waals surface area contributed by atoms with Gasteiger partial charge >= 0.3 is 0 Å². The lowest BCUT2D eigenvalue weighted by atomic mass is 10.2. The Morgan fingerprint density at radius 3 is 2.73 bits per heavy atom. The highest BCUT2D eigenvalue weighted by Gasteiger charge is 2.13. The molecule has 1 aromatic carbocycles. The Morgan fingerprint density at radius 2 is 2.00 bits per heavy atom. The van der Waals surface area contributed by atoms with E-state index in [0.29, 0.717) is 9.63 Å². The highest BCUT2D eigenvalue weighted by molar-refractivity contribution is 9.10. The molecule has 0 radical (unpaired) electrons. The highest BCUT2D eigenvalue weighted by atomic mass is 79.9. The van der Waals surface area contributed by atoms with Crippen molar-refractivity contribution in [1.82, 2.24) is 9.97 Å². The zero-order valence-electron chi connectivity index (χ0n) is 14.3. The minimum absolute atomic E-state index is 0.124. The van der Waals surface area contributed by atoms with Crippen LogP contribution in [0.2, 0.25) is 0 Å². The molecule has 3 rings (SSSR count). The second-order valence-electron chi connectivity index (χ2n) is 6.06. The van der Waals surface area contributed by atoms with E-state index in [1.54, 1.807) is 12.3 Å². The molecule has 1 N–H and O–H groups in total. The van der Waals surface area contributed by atoms with Crippen LogP contribution in [-0.4, -0.2) is 34.7 Å². The number of nitrogens with one attached hydrogen (secondary N) is 1. The zero-order chi connectivity index (χ0) is 18.4. The summed E-state index contributed by atoms with van der Waals surface area (Å²) in [6, 6.07) is 6.43. The first-order valence-electron chi connectivity index (χ1n) is 8.57. The van der Waals surface area contributed by atoms with Crippen molar-refractivity contribution in [1.29, 1.82) is 0 Å². The van der Waals surface area contributed by atoms with Gasteiger partial charge in [0.1, 0.15) is 11.6 Å². The predicted octanol–water partition coefficient (Wildman–Crippen LogP) is 4.49. The number of halogens is 2. The molecule has 0 spiro atoms. The molecular weight excluding hydrogens is 419 g/mol. The van der Waals surface area contributed by atoms with Gasteiger partial charge in [-0.1, -0.05) is 40.5 Å². The summed E-state index contributed by atoms with van der Waals surface area (Å²) in [4.78, 5) is 23.1. The third-order valence-corrected chi connectivity index (χ3v) is 5.44. The van der Waals surface area contributed by atoms with Crippen LogP contribution in [0.15, 0.2) is 40.1 Å². The van der Waals surface area contributed by atoms with Gasteiger partial charge in [0.05, 0.1) is 11.4 Å². The lowest BCUT2D eigenvalue weighted by Gasteiger charge is -2.21. The second kappa shape index (κ2) is 9.32. The topological polar surface area (TPSA) is 58.1 Å². The van der Waals surface area contributed by atoms with E-state index >= 15 is 0 Å². The summed E-state index contributed by atoms with van der Waals surface area (Å²) in [6.45, 7) is 2.01. The maximum Gasteiger partial charge on any atom is 0.234 e. The molecule has 0 aliphatic carbocycles. The summed E-state index contributed by atoms with van der Waals surface area (Å²) in [6.07, 6.45) is 6.59. The Kier molecular flexibility index (Phi) is 6.85. The molecule has 0 bridgehead atoms. The van der Waals surface area contributed by atoms with Crippen LogP contribution in [0.5, 0.6) is 0 Å². The van der Waals surface area contributed by atoms with Crippen molar-refractivity contribution in [3.05, 3.63) is 40.8 Å². The molecule has 1 aliphatic heterocycles. The SMILES string of the molecule is O=C(CSc1nccc(N2CCCCCC2)n1)Nc1ccc(Br)cc1F. The van der Waals surface area contributed by atoms with Crippen LogP contribution in [0, 0.1) is 5.82 Å². The van der Waals surface area contributed by atoms with E-state index < -0.39 is 5.82 Å². The Bertz CT molecular complexity index is 769. The maximum atomic E-state index is 13.8. The molecule has 1 aliphatic rings. The van der Waals surface area contributed by atoms with Gasteiger partial charge in [0, 0.05) is 23.8 Å². The van der Waals surface area contributed by atoms with Gasteiger partial charge in [0.15, 0.2) is 5.16 Å². The number of thioether (sulfide) groups is 1. The van der Waals surface area contributed by atoms with E-state index in [1.807, 2.05) is 6.07 Å². The maximum absolute atomic E-state index is 13.8. The first-order chi connectivity index (χ1) is 12.6. The molecule has 138 valence electrons. The largest absolute Gasteiger partial charge is 0.356 e. The number of carbonyl (C=O) groups is 1. The molecule has 26 heavy (non-hydrogen) atoms. The van der Waals surface area contributed by atoms with Crippen molar-refractivity contribution in [3.8, 4) is 0 Å². The molecule has 1 aromatic heterocycles. The summed E-state index contributed by atoms with van der Waals surface area (Å²) in [5.74, 6) is 0.264. The Labute approximate surface area is 164 Å². The van der Waals surface area contributed by atoms with E-state index in [1.165, 1.54) is 49.6 Å². The third-order valence-electron chi connectivity index (χ3n) is 4.09. The van der Waals surface area contributed by atoms with Crippen molar-refractivity contribution in [2.45, 2.75) is 30.8 Å². The molecule has 0 unspecified atom stereocenters. The second-order valence-corrected chi connectivity index (χ2v) is 7.92. The molecule has 0 atom stereocenters. The van der Waals surface area contributed by atoms with Gasteiger partial charge in [0.2, 0.25) is 5.91 Å². The molecule has 2 aromatic rings. The molecule has 8 heteroatoms. The molecule has 0 saturated carbocycles. The van der Waals surface area contributed by atoms with Gasteiger partial charge in [-0.3, -0.25) is 4.79 Å². The third kappa shape index (κ3) is 5.41. The van der Waals surface area contributed by atoms with Crippen LogP contribution >= 0.6 is 27.7 Å². The molecule has 2 heterocycles. The Hall–Kier alpha value is -1.67. The lowest BCUT2D eigenvalue weighted by Crippen LogP contribution is -2.25. The van der Waals surface area contributed by atoms with Gasteiger partial charge in [0.25, 0.3) is 0 Å². The fourth-order valence-corrected chi connectivity index (χ4v) is 3.74. The predicted molar refractivity (Wildman–Crippen MR) is 106 cm³/mol. The van der Waals surface area contributed by atoms with E-state index in [4.69, 9.17) is 0 Å². The fraction of sp³-hybridized carbons (Fsp3) is 0.389. The number of anilines is 2. The standard InChI is InChI=1S/C18H20BrFN4OS/c19-13-5-6-15(14(20)11-13)22-17(25)12-26-18-21-8-7-16(23-18)24-9-3-1-2-4-10-24/h5-8,11H,1-4,9-10,12H2,(H,22,25). The minimum Gasteiger partial charge on any atom is -0.356 e. The van der Waals surface area contributed by atoms with E-state index in [2.05, 4.69) is 36.1 Å². The van der Waals surface area contributed by atoms with Crippen LogP contribution in [0.4, 0.5) is 15.9 Å². The van der Waals surface area contributed by atoms with Gasteiger partial charge < -0.3 is 10.2 Å². The summed E-state index contributed by atoms with van der Waals surface area (Å²) in [5.41, 5.74) is 0.165. The number of nitrogens with zero attached hydrogens (tertiary/aromatic N) is 3. The number of hydrogen-bond donors (Lipinski definition) is 1. The van der Waals surface area contributed by atoms with Crippen molar-refractivity contribution >= 4 is 45.1 Å². The van der Waals surface area contributed by atoms with Gasteiger partial charge in [-0.2, -0.15) is 0 Å². The van der Waals surface area contributed by atoms with E-state index in [9.17, 15) is 9.18 Å². The van der Waals surface area contributed by atoms with Gasteiger partial charge in [-0.15, -0.1) is 0 Å². The average Bonchev–Trinajstić information content (AvgIpc) is 2.92. The number of amides is 1. The molecule has 5 nitrogen and oxygen atoms in total. The normalized spacial score (nSPS) is 14.8.